The molecule has 1 rings (SSSR count). The van der Waals surface area contributed by atoms with Crippen LogP contribution in [-0.4, -0.2) is 47.8 Å². The van der Waals surface area contributed by atoms with E-state index in [0.29, 0.717) is 6.54 Å². The number of aliphatic hydroxyl groups excluding tert-OH is 1. The van der Waals surface area contributed by atoms with Gasteiger partial charge in [-0.25, -0.2) is 4.79 Å². The number of nitrogens with one attached hydrogen (secondary N) is 2. The van der Waals surface area contributed by atoms with Crippen molar-refractivity contribution >= 4 is 11.9 Å². The molecule has 1 unspecified atom stereocenters. The molecule has 0 aromatic carbocycles. The van der Waals surface area contributed by atoms with Crippen LogP contribution in [0.2, 0.25) is 0 Å². The van der Waals surface area contributed by atoms with Crippen LogP contribution in [0.15, 0.2) is 0 Å². The SMILES string of the molecule is CCCC1(C(=O)N[C@H](CCO)C(=O)O)CCNC1. The molecule has 1 fully saturated rings. The van der Waals surface area contributed by atoms with Crippen molar-refractivity contribution in [2.45, 2.75) is 38.6 Å². The number of carboxylic acids is 1. The van der Waals surface area contributed by atoms with Crippen molar-refractivity contribution < 1.29 is 19.8 Å². The van der Waals surface area contributed by atoms with Crippen LogP contribution in [0.25, 0.3) is 0 Å². The lowest BCUT2D eigenvalue weighted by Crippen LogP contribution is -2.49. The summed E-state index contributed by atoms with van der Waals surface area (Å²) in [6.07, 6.45) is 2.40. The molecule has 4 N–H and O–H groups in total. The average molecular weight is 258 g/mol. The number of hydrogen-bond donors (Lipinski definition) is 4. The van der Waals surface area contributed by atoms with Crippen LogP contribution < -0.4 is 10.6 Å². The fourth-order valence-electron chi connectivity index (χ4n) is 2.44. The number of aliphatic carboxylic acids is 1. The van der Waals surface area contributed by atoms with Crippen molar-refractivity contribution in [1.29, 1.82) is 0 Å². The van der Waals surface area contributed by atoms with E-state index in [4.69, 9.17) is 10.2 Å². The van der Waals surface area contributed by atoms with Gasteiger partial charge in [-0.1, -0.05) is 13.3 Å². The molecule has 2 atom stereocenters. The van der Waals surface area contributed by atoms with Gasteiger partial charge < -0.3 is 20.8 Å². The van der Waals surface area contributed by atoms with Crippen LogP contribution >= 0.6 is 0 Å². The summed E-state index contributed by atoms with van der Waals surface area (Å²) >= 11 is 0. The Morgan fingerprint density at radius 1 is 1.50 bits per heavy atom. The zero-order valence-corrected chi connectivity index (χ0v) is 10.7. The third kappa shape index (κ3) is 3.43. The number of hydrogen-bond acceptors (Lipinski definition) is 4. The monoisotopic (exact) mass is 258 g/mol. The highest BCUT2D eigenvalue weighted by atomic mass is 16.4. The van der Waals surface area contributed by atoms with Gasteiger partial charge in [0, 0.05) is 19.6 Å². The summed E-state index contributed by atoms with van der Waals surface area (Å²) in [5.74, 6) is -1.31. The Morgan fingerprint density at radius 3 is 2.67 bits per heavy atom. The molecule has 0 spiro atoms. The molecule has 0 radical (unpaired) electrons. The topological polar surface area (TPSA) is 98.7 Å². The number of amides is 1. The molecule has 0 saturated carbocycles. The maximum atomic E-state index is 12.3. The van der Waals surface area contributed by atoms with Gasteiger partial charge in [0.25, 0.3) is 0 Å². The molecule has 6 nitrogen and oxygen atoms in total. The predicted octanol–water partition coefficient (Wildman–Crippen LogP) is -0.282. The first-order chi connectivity index (χ1) is 8.55. The Morgan fingerprint density at radius 2 is 2.22 bits per heavy atom. The van der Waals surface area contributed by atoms with Gasteiger partial charge in [0.05, 0.1) is 5.41 Å². The van der Waals surface area contributed by atoms with Crippen LogP contribution in [-0.2, 0) is 9.59 Å². The standard InChI is InChI=1S/C12H22N2O4/c1-2-4-12(5-6-13-8-12)11(18)14-9(3-7-15)10(16)17/h9,13,15H,2-8H2,1H3,(H,14,18)(H,16,17)/t9-,12?/m1/s1. The number of carbonyl (C=O) groups excluding carboxylic acids is 1. The molecule has 1 aliphatic rings. The van der Waals surface area contributed by atoms with Crippen LogP contribution in [0, 0.1) is 5.41 Å². The minimum atomic E-state index is -1.10. The maximum Gasteiger partial charge on any atom is 0.326 e. The largest absolute Gasteiger partial charge is 0.480 e. The van der Waals surface area contributed by atoms with Crippen LogP contribution in [0.4, 0.5) is 0 Å². The number of aliphatic hydroxyl groups is 1. The lowest BCUT2D eigenvalue weighted by Gasteiger charge is -2.28. The van der Waals surface area contributed by atoms with E-state index >= 15 is 0 Å². The first-order valence-corrected chi connectivity index (χ1v) is 6.41. The molecule has 1 saturated heterocycles. The van der Waals surface area contributed by atoms with Crippen molar-refractivity contribution in [2.75, 3.05) is 19.7 Å². The number of rotatable bonds is 7. The van der Waals surface area contributed by atoms with E-state index in [1.54, 1.807) is 0 Å². The van der Waals surface area contributed by atoms with Crippen molar-refractivity contribution in [3.05, 3.63) is 0 Å². The maximum absolute atomic E-state index is 12.3. The van der Waals surface area contributed by atoms with Gasteiger partial charge in [0.15, 0.2) is 0 Å². The minimum Gasteiger partial charge on any atom is -0.480 e. The Kier molecular flexibility index (Phi) is 5.55. The zero-order chi connectivity index (χ0) is 13.6. The second-order valence-electron chi connectivity index (χ2n) is 4.83. The lowest BCUT2D eigenvalue weighted by atomic mass is 9.81. The quantitative estimate of drug-likeness (QED) is 0.503. The first-order valence-electron chi connectivity index (χ1n) is 6.41. The highest BCUT2D eigenvalue weighted by Gasteiger charge is 2.41. The summed E-state index contributed by atoms with van der Waals surface area (Å²) in [6, 6.07) is -1.00. The third-order valence-corrected chi connectivity index (χ3v) is 3.48. The Hall–Kier alpha value is -1.14. The summed E-state index contributed by atoms with van der Waals surface area (Å²) in [5.41, 5.74) is -0.488. The second kappa shape index (κ2) is 6.70. The predicted molar refractivity (Wildman–Crippen MR) is 66.1 cm³/mol. The van der Waals surface area contributed by atoms with E-state index < -0.39 is 17.4 Å². The molecule has 0 aliphatic carbocycles. The first kappa shape index (κ1) is 14.9. The zero-order valence-electron chi connectivity index (χ0n) is 10.7. The molecule has 0 aromatic heterocycles. The van der Waals surface area contributed by atoms with Gasteiger partial charge in [-0.3, -0.25) is 4.79 Å². The molecule has 1 aliphatic heterocycles. The van der Waals surface area contributed by atoms with Crippen LogP contribution in [0.5, 0.6) is 0 Å². The van der Waals surface area contributed by atoms with E-state index in [-0.39, 0.29) is 18.9 Å². The van der Waals surface area contributed by atoms with Gasteiger partial charge in [-0.05, 0) is 19.4 Å². The average Bonchev–Trinajstić information content (AvgIpc) is 2.78. The van der Waals surface area contributed by atoms with Crippen molar-refractivity contribution in [2.24, 2.45) is 5.41 Å². The summed E-state index contributed by atoms with van der Waals surface area (Å²) in [4.78, 5) is 23.2. The number of carbonyl (C=O) groups is 2. The molecule has 104 valence electrons. The Bertz CT molecular complexity index is 300. The van der Waals surface area contributed by atoms with E-state index in [0.717, 1.165) is 25.8 Å². The fourth-order valence-corrected chi connectivity index (χ4v) is 2.44. The molecule has 0 bridgehead atoms. The van der Waals surface area contributed by atoms with Crippen LogP contribution in [0.1, 0.15) is 32.6 Å². The summed E-state index contributed by atoms with van der Waals surface area (Å²) in [6.45, 7) is 3.13. The molecule has 6 heteroatoms. The molecule has 1 heterocycles. The van der Waals surface area contributed by atoms with Crippen molar-refractivity contribution in [1.82, 2.24) is 10.6 Å². The molecule has 18 heavy (non-hydrogen) atoms. The van der Waals surface area contributed by atoms with Gasteiger partial charge in [0.2, 0.25) is 5.91 Å². The van der Waals surface area contributed by atoms with Gasteiger partial charge >= 0.3 is 5.97 Å². The van der Waals surface area contributed by atoms with E-state index in [1.807, 2.05) is 6.92 Å². The summed E-state index contributed by atoms with van der Waals surface area (Å²) < 4.78 is 0. The normalized spacial score (nSPS) is 24.8. The summed E-state index contributed by atoms with van der Waals surface area (Å²) in [5, 5.41) is 23.5. The van der Waals surface area contributed by atoms with Gasteiger partial charge in [0.1, 0.15) is 6.04 Å². The number of carboxylic acid groups (broad SMARTS) is 1. The summed E-state index contributed by atoms with van der Waals surface area (Å²) in [7, 11) is 0. The van der Waals surface area contributed by atoms with E-state index in [2.05, 4.69) is 10.6 Å². The Labute approximate surface area is 107 Å². The smallest absolute Gasteiger partial charge is 0.326 e. The van der Waals surface area contributed by atoms with Crippen LogP contribution in [0.3, 0.4) is 0 Å². The highest BCUT2D eigenvalue weighted by molar-refractivity contribution is 5.87. The molecular weight excluding hydrogens is 236 g/mol. The second-order valence-corrected chi connectivity index (χ2v) is 4.83. The van der Waals surface area contributed by atoms with Crippen molar-refractivity contribution in [3.63, 3.8) is 0 Å². The third-order valence-electron chi connectivity index (χ3n) is 3.48. The van der Waals surface area contributed by atoms with Gasteiger partial charge in [-0.2, -0.15) is 0 Å². The van der Waals surface area contributed by atoms with Gasteiger partial charge in [-0.15, -0.1) is 0 Å². The highest BCUT2D eigenvalue weighted by Crippen LogP contribution is 2.31. The minimum absolute atomic E-state index is 0.0384. The van der Waals surface area contributed by atoms with Crippen molar-refractivity contribution in [3.8, 4) is 0 Å². The molecule has 0 aromatic rings. The Balaban J connectivity index is 2.68. The molecular formula is C12H22N2O4. The van der Waals surface area contributed by atoms with E-state index in [9.17, 15) is 9.59 Å². The fraction of sp³-hybridized carbons (Fsp3) is 0.833. The van der Waals surface area contributed by atoms with E-state index in [1.165, 1.54) is 0 Å². The molecule has 1 amide bonds. The lowest BCUT2D eigenvalue weighted by molar-refractivity contribution is -0.144.